The topological polar surface area (TPSA) is 39.1 Å². The fourth-order valence-corrected chi connectivity index (χ4v) is 1.98. The van der Waals surface area contributed by atoms with Crippen LogP contribution in [0.25, 0.3) is 0 Å². The lowest BCUT2D eigenvalue weighted by Crippen LogP contribution is -2.02. The molecule has 0 radical (unpaired) electrons. The van der Waals surface area contributed by atoms with Crippen LogP contribution in [-0.4, -0.2) is 16.9 Å². The van der Waals surface area contributed by atoms with Crippen LogP contribution in [-0.2, 0) is 13.6 Å². The molecule has 4 nitrogen and oxygen atoms in total. The molecular formula is C12H13BrFN3O. The molecule has 18 heavy (non-hydrogen) atoms. The first-order chi connectivity index (χ1) is 8.60. The number of halogens is 2. The van der Waals surface area contributed by atoms with Crippen LogP contribution in [0, 0.1) is 5.82 Å². The molecule has 0 fully saturated rings. The highest BCUT2D eigenvalue weighted by Crippen LogP contribution is 2.20. The molecule has 96 valence electrons. The van der Waals surface area contributed by atoms with Crippen molar-refractivity contribution in [1.29, 1.82) is 0 Å². The van der Waals surface area contributed by atoms with Crippen molar-refractivity contribution in [1.82, 2.24) is 9.78 Å². The Kier molecular flexibility index (Phi) is 3.86. The summed E-state index contributed by atoms with van der Waals surface area (Å²) in [4.78, 5) is 0. The number of ether oxygens (including phenoxy) is 1. The van der Waals surface area contributed by atoms with Crippen molar-refractivity contribution >= 4 is 21.7 Å². The van der Waals surface area contributed by atoms with E-state index >= 15 is 0 Å². The Morgan fingerprint density at radius 3 is 2.89 bits per heavy atom. The summed E-state index contributed by atoms with van der Waals surface area (Å²) in [5, 5.41) is 7.34. The summed E-state index contributed by atoms with van der Waals surface area (Å²) in [7, 11) is 3.38. The molecule has 0 atom stereocenters. The number of anilines is 1. The summed E-state index contributed by atoms with van der Waals surface area (Å²) < 4.78 is 20.7. The van der Waals surface area contributed by atoms with Crippen LogP contribution in [0.15, 0.2) is 28.7 Å². The van der Waals surface area contributed by atoms with E-state index in [1.165, 1.54) is 12.1 Å². The minimum absolute atomic E-state index is 0.256. The molecular weight excluding hydrogens is 301 g/mol. The van der Waals surface area contributed by atoms with Crippen LogP contribution >= 0.6 is 15.9 Å². The molecule has 6 heteroatoms. The van der Waals surface area contributed by atoms with E-state index < -0.39 is 0 Å². The van der Waals surface area contributed by atoms with Crippen LogP contribution < -0.4 is 10.1 Å². The summed E-state index contributed by atoms with van der Waals surface area (Å²) in [6, 6.07) is 6.37. The van der Waals surface area contributed by atoms with E-state index in [0.29, 0.717) is 18.2 Å². The number of nitrogens with one attached hydrogen (secondary N) is 1. The molecule has 2 rings (SSSR count). The van der Waals surface area contributed by atoms with Gasteiger partial charge in [-0.3, -0.25) is 0 Å². The Morgan fingerprint density at radius 2 is 2.22 bits per heavy atom. The average molecular weight is 314 g/mol. The number of methoxy groups -OCH3 is 1. The van der Waals surface area contributed by atoms with E-state index in [4.69, 9.17) is 4.74 Å². The number of hydrogen-bond acceptors (Lipinski definition) is 3. The molecule has 1 heterocycles. The zero-order valence-corrected chi connectivity index (χ0v) is 11.7. The summed E-state index contributed by atoms with van der Waals surface area (Å²) in [5.74, 6) is 1.09. The summed E-state index contributed by atoms with van der Waals surface area (Å²) >= 11 is 3.38. The molecule has 1 aromatic heterocycles. The predicted molar refractivity (Wildman–Crippen MR) is 71.2 cm³/mol. The monoisotopic (exact) mass is 313 g/mol. The van der Waals surface area contributed by atoms with Gasteiger partial charge in [0.1, 0.15) is 5.82 Å². The van der Waals surface area contributed by atoms with Gasteiger partial charge in [0.25, 0.3) is 0 Å². The second-order valence-corrected chi connectivity index (χ2v) is 4.64. The number of hydrogen-bond donors (Lipinski definition) is 1. The third-order valence-corrected chi connectivity index (χ3v) is 3.29. The van der Waals surface area contributed by atoms with Crippen molar-refractivity contribution < 1.29 is 9.13 Å². The van der Waals surface area contributed by atoms with E-state index in [0.717, 1.165) is 10.0 Å². The van der Waals surface area contributed by atoms with Gasteiger partial charge in [-0.05, 0) is 23.8 Å². The maximum Gasteiger partial charge on any atom is 0.213 e. The van der Waals surface area contributed by atoms with E-state index in [2.05, 4.69) is 26.3 Å². The molecule has 0 saturated carbocycles. The second kappa shape index (κ2) is 5.39. The lowest BCUT2D eigenvalue weighted by atomic mass is 10.2. The van der Waals surface area contributed by atoms with Crippen molar-refractivity contribution in [2.75, 3.05) is 12.4 Å². The van der Waals surface area contributed by atoms with Gasteiger partial charge in [0, 0.05) is 24.1 Å². The molecule has 0 unspecified atom stereocenters. The summed E-state index contributed by atoms with van der Waals surface area (Å²) in [6.07, 6.45) is 0. The number of rotatable bonds is 4. The minimum atomic E-state index is -0.256. The average Bonchev–Trinajstić information content (AvgIpc) is 2.71. The predicted octanol–water partition coefficient (Wildman–Crippen LogP) is 2.94. The standard InChI is InChI=1S/C12H13BrFN3O/c1-17-12(18-2)6-11(16-17)15-7-8-5-9(14)3-4-10(8)13/h3-6H,7H2,1-2H3,(H,15,16). The van der Waals surface area contributed by atoms with E-state index in [9.17, 15) is 4.39 Å². The highest BCUT2D eigenvalue weighted by Gasteiger charge is 2.06. The maximum atomic E-state index is 13.1. The summed E-state index contributed by atoms with van der Waals surface area (Å²) in [6.45, 7) is 0.485. The molecule has 1 N–H and O–H groups in total. The van der Waals surface area contributed by atoms with E-state index in [1.807, 2.05) is 0 Å². The van der Waals surface area contributed by atoms with Crippen molar-refractivity contribution in [3.8, 4) is 5.88 Å². The Morgan fingerprint density at radius 1 is 1.44 bits per heavy atom. The molecule has 0 saturated heterocycles. The Labute approximate surface area is 113 Å². The normalized spacial score (nSPS) is 10.4. The molecule has 0 amide bonds. The van der Waals surface area contributed by atoms with E-state index in [-0.39, 0.29) is 5.82 Å². The van der Waals surface area contributed by atoms with Crippen LogP contribution in [0.4, 0.5) is 10.2 Å². The van der Waals surface area contributed by atoms with E-state index in [1.54, 1.807) is 31.0 Å². The van der Waals surface area contributed by atoms with Crippen molar-refractivity contribution in [3.63, 3.8) is 0 Å². The fourth-order valence-electron chi connectivity index (χ4n) is 1.59. The van der Waals surface area contributed by atoms with Gasteiger partial charge in [-0.1, -0.05) is 15.9 Å². The smallest absolute Gasteiger partial charge is 0.213 e. The third-order valence-electron chi connectivity index (χ3n) is 2.51. The zero-order valence-electron chi connectivity index (χ0n) is 10.1. The van der Waals surface area contributed by atoms with Crippen molar-refractivity contribution in [3.05, 3.63) is 40.1 Å². The summed E-state index contributed by atoms with van der Waals surface area (Å²) in [5.41, 5.74) is 0.833. The first-order valence-electron chi connectivity index (χ1n) is 5.36. The van der Waals surface area contributed by atoms with Gasteiger partial charge in [-0.15, -0.1) is 0 Å². The first kappa shape index (κ1) is 12.9. The van der Waals surface area contributed by atoms with Crippen molar-refractivity contribution in [2.45, 2.75) is 6.54 Å². The highest BCUT2D eigenvalue weighted by atomic mass is 79.9. The van der Waals surface area contributed by atoms with Gasteiger partial charge in [-0.25, -0.2) is 9.07 Å². The lowest BCUT2D eigenvalue weighted by molar-refractivity contribution is 0.373. The first-order valence-corrected chi connectivity index (χ1v) is 6.15. The fraction of sp³-hybridized carbons (Fsp3) is 0.250. The Balaban J connectivity index is 2.08. The van der Waals surface area contributed by atoms with Gasteiger partial charge >= 0.3 is 0 Å². The molecule has 0 aliphatic rings. The molecule has 0 spiro atoms. The van der Waals surface area contributed by atoms with Crippen LogP contribution in [0.5, 0.6) is 5.88 Å². The second-order valence-electron chi connectivity index (χ2n) is 3.78. The van der Waals surface area contributed by atoms with Gasteiger partial charge < -0.3 is 10.1 Å². The Bertz CT molecular complexity index is 556. The maximum absolute atomic E-state index is 13.1. The Hall–Kier alpha value is -1.56. The zero-order chi connectivity index (χ0) is 13.1. The third kappa shape index (κ3) is 2.81. The van der Waals surface area contributed by atoms with Gasteiger partial charge in [0.2, 0.25) is 5.88 Å². The largest absolute Gasteiger partial charge is 0.481 e. The van der Waals surface area contributed by atoms with Crippen molar-refractivity contribution in [2.24, 2.45) is 7.05 Å². The number of aryl methyl sites for hydroxylation is 1. The molecule has 0 aliphatic heterocycles. The number of benzene rings is 1. The molecule has 2 aromatic rings. The van der Waals surface area contributed by atoms with Gasteiger partial charge in [0.05, 0.1) is 7.11 Å². The van der Waals surface area contributed by atoms with Gasteiger partial charge in [-0.2, -0.15) is 5.10 Å². The van der Waals surface area contributed by atoms with Crippen LogP contribution in [0.2, 0.25) is 0 Å². The molecule has 0 aliphatic carbocycles. The molecule has 0 bridgehead atoms. The molecule has 1 aromatic carbocycles. The van der Waals surface area contributed by atoms with Crippen LogP contribution in [0.1, 0.15) is 5.56 Å². The van der Waals surface area contributed by atoms with Gasteiger partial charge in [0.15, 0.2) is 5.82 Å². The SMILES string of the molecule is COc1cc(NCc2cc(F)ccc2Br)nn1C. The number of aromatic nitrogens is 2. The van der Waals surface area contributed by atoms with Crippen LogP contribution in [0.3, 0.4) is 0 Å². The minimum Gasteiger partial charge on any atom is -0.481 e. The number of nitrogens with zero attached hydrogens (tertiary/aromatic N) is 2. The highest BCUT2D eigenvalue weighted by molar-refractivity contribution is 9.10. The lowest BCUT2D eigenvalue weighted by Gasteiger charge is -2.05. The quantitative estimate of drug-likeness (QED) is 0.943.